The van der Waals surface area contributed by atoms with Gasteiger partial charge in [-0.1, -0.05) is 17.7 Å². The van der Waals surface area contributed by atoms with Crippen LogP contribution in [0.2, 0.25) is 5.02 Å². The van der Waals surface area contributed by atoms with Gasteiger partial charge in [0.15, 0.2) is 0 Å². The van der Waals surface area contributed by atoms with Crippen molar-refractivity contribution in [2.75, 3.05) is 0 Å². The van der Waals surface area contributed by atoms with Crippen LogP contribution in [0.5, 0.6) is 0 Å². The zero-order valence-corrected chi connectivity index (χ0v) is 23.6. The minimum absolute atomic E-state index is 0.0175. The summed E-state index contributed by atoms with van der Waals surface area (Å²) in [5, 5.41) is 25.3. The van der Waals surface area contributed by atoms with Crippen LogP contribution in [0.25, 0.3) is 44.1 Å². The molecule has 0 saturated carbocycles. The Balaban J connectivity index is 1.68. The number of benzene rings is 2. The van der Waals surface area contributed by atoms with Gasteiger partial charge in [0.25, 0.3) is 5.56 Å². The van der Waals surface area contributed by atoms with Crippen molar-refractivity contribution >= 4 is 39.4 Å². The Kier molecular flexibility index (Phi) is 6.97. The second kappa shape index (κ2) is 10.3. The summed E-state index contributed by atoms with van der Waals surface area (Å²) in [5.41, 5.74) is 1.51. The van der Waals surface area contributed by atoms with Crippen LogP contribution in [-0.4, -0.2) is 36.7 Å². The molecule has 0 radical (unpaired) electrons. The number of halogens is 2. The number of nitrogens with one attached hydrogen (secondary N) is 2. The molecule has 2 aromatic carbocycles. The molecule has 0 aliphatic carbocycles. The molecular weight excluding hydrogens is 549 g/mol. The van der Waals surface area contributed by atoms with Gasteiger partial charge in [0.2, 0.25) is 0 Å². The van der Waals surface area contributed by atoms with Crippen LogP contribution in [0, 0.1) is 24.1 Å². The number of fused-ring (bicyclic) bond motifs is 2. The van der Waals surface area contributed by atoms with Crippen molar-refractivity contribution in [3.8, 4) is 28.5 Å². The number of hydrogen-bond acceptors (Lipinski definition) is 7. The summed E-state index contributed by atoms with van der Waals surface area (Å²) in [5.74, 6) is -0.602. The number of aromatic amines is 1. The minimum atomic E-state index is -0.686. The van der Waals surface area contributed by atoms with Crippen LogP contribution in [0.1, 0.15) is 37.6 Å². The maximum atomic E-state index is 16.0. The smallest absolute Gasteiger partial charge is 0.407 e. The number of carbonyl (C=O) groups is 1. The second-order valence-corrected chi connectivity index (χ2v) is 10.9. The molecule has 10 nitrogen and oxygen atoms in total. The topological polar surface area (TPSA) is 139 Å². The van der Waals surface area contributed by atoms with Gasteiger partial charge in [-0.25, -0.2) is 14.3 Å². The van der Waals surface area contributed by atoms with E-state index in [4.69, 9.17) is 16.3 Å². The first-order chi connectivity index (χ1) is 19.4. The average Bonchev–Trinajstić information content (AvgIpc) is 3.29. The minimum Gasteiger partial charge on any atom is -0.444 e. The molecule has 0 unspecified atom stereocenters. The lowest BCUT2D eigenvalue weighted by Crippen LogP contribution is -2.32. The highest BCUT2D eigenvalue weighted by Gasteiger charge is 2.26. The summed E-state index contributed by atoms with van der Waals surface area (Å²) < 4.78 is 22.8. The van der Waals surface area contributed by atoms with Crippen LogP contribution < -0.4 is 10.9 Å². The highest BCUT2D eigenvalue weighted by Crippen LogP contribution is 2.40. The molecule has 0 bridgehead atoms. The zero-order valence-electron chi connectivity index (χ0n) is 22.9. The van der Waals surface area contributed by atoms with E-state index >= 15 is 4.39 Å². The van der Waals surface area contributed by atoms with Crippen LogP contribution in [0.4, 0.5) is 9.18 Å². The third-order valence-electron chi connectivity index (χ3n) is 6.54. The summed E-state index contributed by atoms with van der Waals surface area (Å²) in [6, 6.07) is 8.77. The number of aromatic nitrogens is 5. The Bertz CT molecular complexity index is 1970. The van der Waals surface area contributed by atoms with E-state index in [1.807, 2.05) is 0 Å². The number of alkyl carbamates (subject to hydrolysis) is 1. The van der Waals surface area contributed by atoms with Crippen molar-refractivity contribution in [3.63, 3.8) is 0 Å². The molecule has 3 heterocycles. The Hall–Kier alpha value is -4.82. The molecule has 12 heteroatoms. The standard InChI is InChI=1S/C29H25ClFN7O3/c1-14-24(31)23(20(10-32)19-9-16(30)11-33-25(14)19)26-21(12-35-38(26)5)15-6-7-17-18(8-15)22(36-37-27(17)39)13-34-28(40)41-29(2,3)4/h6-9,11-12H,13H2,1-5H3,(H,34,40)(H,37,39). The summed E-state index contributed by atoms with van der Waals surface area (Å²) >= 11 is 6.18. The predicted molar refractivity (Wildman–Crippen MR) is 153 cm³/mol. The number of ether oxygens (including phenoxy) is 1. The average molecular weight is 574 g/mol. The van der Waals surface area contributed by atoms with Gasteiger partial charge in [-0.15, -0.1) is 0 Å². The summed E-state index contributed by atoms with van der Waals surface area (Å²) in [6.07, 6.45) is 2.34. The zero-order chi connectivity index (χ0) is 29.6. The van der Waals surface area contributed by atoms with Gasteiger partial charge in [0, 0.05) is 35.1 Å². The SMILES string of the molecule is Cc1c(F)c(-c2c(-c3ccc4c(=O)[nH]nc(CNC(=O)OC(C)(C)C)c4c3)cnn2C)c(C#N)c2cc(Cl)cnc12. The Morgan fingerprint density at radius 2 is 1.98 bits per heavy atom. The number of rotatable bonds is 4. The van der Waals surface area contributed by atoms with E-state index in [0.29, 0.717) is 49.2 Å². The van der Waals surface area contributed by atoms with E-state index in [1.165, 1.54) is 10.9 Å². The fourth-order valence-electron chi connectivity index (χ4n) is 4.74. The fourth-order valence-corrected chi connectivity index (χ4v) is 4.90. The third-order valence-corrected chi connectivity index (χ3v) is 6.75. The van der Waals surface area contributed by atoms with Crippen molar-refractivity contribution in [1.29, 1.82) is 5.26 Å². The molecule has 2 N–H and O–H groups in total. The molecule has 208 valence electrons. The molecule has 3 aromatic heterocycles. The molecule has 41 heavy (non-hydrogen) atoms. The number of nitriles is 1. The first-order valence-corrected chi connectivity index (χ1v) is 13.0. The fraction of sp³-hybridized carbons (Fsp3) is 0.241. The van der Waals surface area contributed by atoms with Crippen molar-refractivity contribution in [2.24, 2.45) is 7.05 Å². The predicted octanol–water partition coefficient (Wildman–Crippen LogP) is 5.54. The molecular formula is C29H25ClFN7O3. The van der Waals surface area contributed by atoms with Crippen molar-refractivity contribution in [3.05, 3.63) is 74.7 Å². The Labute approximate surface area is 238 Å². The lowest BCUT2D eigenvalue weighted by atomic mass is 9.92. The lowest BCUT2D eigenvalue weighted by molar-refractivity contribution is 0.0523. The van der Waals surface area contributed by atoms with Gasteiger partial charge < -0.3 is 10.1 Å². The molecule has 5 rings (SSSR count). The van der Waals surface area contributed by atoms with E-state index in [-0.39, 0.29) is 23.2 Å². The molecule has 0 saturated heterocycles. The molecule has 1 amide bonds. The number of H-pyrrole nitrogens is 1. The summed E-state index contributed by atoms with van der Waals surface area (Å²) in [7, 11) is 1.65. The number of pyridine rings is 1. The Morgan fingerprint density at radius 3 is 2.68 bits per heavy atom. The van der Waals surface area contributed by atoms with Crippen LogP contribution in [-0.2, 0) is 18.3 Å². The summed E-state index contributed by atoms with van der Waals surface area (Å²) in [6.45, 7) is 6.83. The highest BCUT2D eigenvalue weighted by atomic mass is 35.5. The largest absolute Gasteiger partial charge is 0.444 e. The number of carbonyl (C=O) groups excluding carboxylic acids is 1. The van der Waals surface area contributed by atoms with Crippen LogP contribution in [0.15, 0.2) is 41.5 Å². The van der Waals surface area contributed by atoms with Gasteiger partial charge in [0.05, 0.1) is 51.2 Å². The Morgan fingerprint density at radius 1 is 1.22 bits per heavy atom. The molecule has 0 aliphatic rings. The van der Waals surface area contributed by atoms with Gasteiger partial charge >= 0.3 is 6.09 Å². The molecule has 0 fully saturated rings. The number of amides is 1. The van der Waals surface area contributed by atoms with Crippen molar-refractivity contribution in [1.82, 2.24) is 30.3 Å². The van der Waals surface area contributed by atoms with E-state index in [1.54, 1.807) is 65.2 Å². The van der Waals surface area contributed by atoms with Gasteiger partial charge in [0.1, 0.15) is 17.5 Å². The van der Waals surface area contributed by atoms with E-state index in [2.05, 4.69) is 31.7 Å². The van der Waals surface area contributed by atoms with Gasteiger partial charge in [-0.05, 0) is 51.5 Å². The normalized spacial score (nSPS) is 11.6. The van der Waals surface area contributed by atoms with Crippen LogP contribution >= 0.6 is 11.6 Å². The van der Waals surface area contributed by atoms with Crippen LogP contribution in [0.3, 0.4) is 0 Å². The maximum absolute atomic E-state index is 16.0. The first kappa shape index (κ1) is 27.7. The molecule has 0 aliphatic heterocycles. The number of aryl methyl sites for hydroxylation is 2. The molecule has 5 aromatic rings. The van der Waals surface area contributed by atoms with Crippen molar-refractivity contribution < 1.29 is 13.9 Å². The third kappa shape index (κ3) is 5.10. The van der Waals surface area contributed by atoms with E-state index < -0.39 is 23.1 Å². The lowest BCUT2D eigenvalue weighted by Gasteiger charge is -2.19. The highest BCUT2D eigenvalue weighted by molar-refractivity contribution is 6.31. The first-order valence-electron chi connectivity index (χ1n) is 12.6. The molecule has 0 spiro atoms. The van der Waals surface area contributed by atoms with Crippen molar-refractivity contribution in [2.45, 2.75) is 39.8 Å². The quantitative estimate of drug-likeness (QED) is 0.288. The van der Waals surface area contributed by atoms with Gasteiger partial charge in [-0.3, -0.25) is 14.5 Å². The number of nitrogens with zero attached hydrogens (tertiary/aromatic N) is 5. The van der Waals surface area contributed by atoms with E-state index in [9.17, 15) is 14.9 Å². The monoisotopic (exact) mass is 573 g/mol. The van der Waals surface area contributed by atoms with E-state index in [0.717, 1.165) is 0 Å². The second-order valence-electron chi connectivity index (χ2n) is 10.5. The maximum Gasteiger partial charge on any atom is 0.407 e. The number of hydrogen-bond donors (Lipinski definition) is 2. The molecule has 0 atom stereocenters. The summed E-state index contributed by atoms with van der Waals surface area (Å²) in [4.78, 5) is 29.1. The van der Waals surface area contributed by atoms with Gasteiger partial charge in [-0.2, -0.15) is 15.5 Å².